The van der Waals surface area contributed by atoms with E-state index in [0.29, 0.717) is 38.8 Å². The summed E-state index contributed by atoms with van der Waals surface area (Å²) in [7, 11) is 0. The largest absolute Gasteiger partial charge is 0.508 e. The van der Waals surface area contributed by atoms with Gasteiger partial charge in [-0.25, -0.2) is 4.79 Å². The van der Waals surface area contributed by atoms with E-state index in [9.17, 15) is 19.8 Å². The Morgan fingerprint density at radius 3 is 2.47 bits per heavy atom. The van der Waals surface area contributed by atoms with E-state index >= 15 is 0 Å². The molecule has 0 radical (unpaired) electrons. The van der Waals surface area contributed by atoms with Crippen LogP contribution in [0.15, 0.2) is 18.2 Å². The molecular formula is C27H39N3O4. The van der Waals surface area contributed by atoms with Crippen LogP contribution in [0.25, 0.3) is 0 Å². The highest BCUT2D eigenvalue weighted by Crippen LogP contribution is 2.60. The molecule has 0 bridgehead atoms. The van der Waals surface area contributed by atoms with Crippen molar-refractivity contribution in [2.45, 2.75) is 88.8 Å². The number of aromatic hydroxyl groups is 1. The van der Waals surface area contributed by atoms with Crippen molar-refractivity contribution >= 4 is 11.9 Å². The second-order valence-corrected chi connectivity index (χ2v) is 11.2. The van der Waals surface area contributed by atoms with Gasteiger partial charge in [0.25, 0.3) is 5.91 Å². The van der Waals surface area contributed by atoms with Crippen molar-refractivity contribution in [1.29, 1.82) is 0 Å². The Morgan fingerprint density at radius 1 is 1.09 bits per heavy atom. The Morgan fingerprint density at radius 2 is 1.82 bits per heavy atom. The third-order valence-electron chi connectivity index (χ3n) is 9.59. The molecule has 5 rings (SSSR count). The first kappa shape index (κ1) is 23.6. The average molecular weight is 470 g/mol. The van der Waals surface area contributed by atoms with Crippen LogP contribution in [0.3, 0.4) is 0 Å². The maximum Gasteiger partial charge on any atom is 0.327 e. The smallest absolute Gasteiger partial charge is 0.327 e. The molecule has 1 aromatic carbocycles. The summed E-state index contributed by atoms with van der Waals surface area (Å²) in [4.78, 5) is 32.6. The number of phenols is 1. The first-order valence-electron chi connectivity index (χ1n) is 13.0. The van der Waals surface area contributed by atoms with Gasteiger partial charge in [0.2, 0.25) is 0 Å². The number of urea groups is 1. The fourth-order valence-electron chi connectivity index (χ4n) is 7.50. The second-order valence-electron chi connectivity index (χ2n) is 11.2. The zero-order valence-electron chi connectivity index (χ0n) is 21.0. The van der Waals surface area contributed by atoms with Crippen LogP contribution in [0.4, 0.5) is 4.79 Å². The Labute approximate surface area is 202 Å². The Kier molecular flexibility index (Phi) is 5.52. The molecular weight excluding hydrogens is 430 g/mol. The van der Waals surface area contributed by atoms with Gasteiger partial charge in [-0.15, -0.1) is 0 Å². The zero-order chi connectivity index (χ0) is 24.5. The first-order valence-corrected chi connectivity index (χ1v) is 13.0. The number of hydrogen-bond acceptors (Lipinski definition) is 5. The highest BCUT2D eigenvalue weighted by atomic mass is 16.3. The normalized spacial score (nSPS) is 36.4. The number of nitrogens with zero attached hydrogens (tertiary/aromatic N) is 3. The number of benzene rings is 1. The van der Waals surface area contributed by atoms with Crippen LogP contribution in [-0.2, 0) is 10.2 Å². The summed E-state index contributed by atoms with van der Waals surface area (Å²) in [6, 6.07) is 5.07. The summed E-state index contributed by atoms with van der Waals surface area (Å²) in [5, 5.41) is 23.1. The molecule has 4 atom stereocenters. The van der Waals surface area contributed by atoms with Crippen LogP contribution < -0.4 is 0 Å². The lowest BCUT2D eigenvalue weighted by Crippen LogP contribution is -2.74. The van der Waals surface area contributed by atoms with Gasteiger partial charge in [0.05, 0.1) is 5.60 Å². The lowest BCUT2D eigenvalue weighted by atomic mass is 9.49. The van der Waals surface area contributed by atoms with Crippen LogP contribution in [0.1, 0.15) is 70.4 Å². The van der Waals surface area contributed by atoms with E-state index in [4.69, 9.17) is 0 Å². The van der Waals surface area contributed by atoms with Crippen molar-refractivity contribution in [2.24, 2.45) is 5.92 Å². The number of aliphatic hydroxyl groups is 1. The van der Waals surface area contributed by atoms with Crippen molar-refractivity contribution in [2.75, 3.05) is 26.2 Å². The highest BCUT2D eigenvalue weighted by molar-refractivity contribution is 6.07. The number of likely N-dealkylation sites (N-methyl/N-ethyl adjacent to an activating group) is 2. The van der Waals surface area contributed by atoms with Gasteiger partial charge in [0, 0.05) is 31.1 Å². The van der Waals surface area contributed by atoms with Gasteiger partial charge < -0.3 is 15.1 Å². The number of hydrogen-bond donors (Lipinski definition) is 2. The number of fused-ring (bicyclic) bond motifs is 1. The van der Waals surface area contributed by atoms with E-state index in [0.717, 1.165) is 30.1 Å². The molecule has 3 amide bonds. The Bertz CT molecular complexity index is 1010. The minimum absolute atomic E-state index is 0.0782. The first-order chi connectivity index (χ1) is 16.1. The lowest BCUT2D eigenvalue weighted by molar-refractivity contribution is -0.179. The summed E-state index contributed by atoms with van der Waals surface area (Å²) in [5.74, 6) is 0.759. The fourth-order valence-corrected chi connectivity index (χ4v) is 7.50. The molecule has 4 aliphatic rings. The number of amides is 3. The number of imide groups is 1. The number of phenolic OH excluding ortho intramolecular Hbond substituents is 1. The summed E-state index contributed by atoms with van der Waals surface area (Å²) < 4.78 is 0. The van der Waals surface area contributed by atoms with Gasteiger partial charge in [-0.2, -0.15) is 0 Å². The van der Waals surface area contributed by atoms with E-state index in [1.165, 1.54) is 17.7 Å². The quantitative estimate of drug-likeness (QED) is 0.646. The maximum atomic E-state index is 13.8. The van der Waals surface area contributed by atoms with Gasteiger partial charge in [-0.1, -0.05) is 6.07 Å². The third kappa shape index (κ3) is 3.08. The molecule has 2 aliphatic heterocycles. The number of piperidine rings is 1. The summed E-state index contributed by atoms with van der Waals surface area (Å²) >= 11 is 0. The number of rotatable bonds is 5. The second kappa shape index (κ2) is 7.95. The third-order valence-corrected chi connectivity index (χ3v) is 9.59. The highest BCUT2D eigenvalue weighted by Gasteiger charge is 2.69. The number of carbonyl (C=O) groups excluding carboxylic acids is 2. The van der Waals surface area contributed by atoms with Crippen LogP contribution in [0, 0.1) is 12.8 Å². The SMILES string of the molecule is CCN1C(=O)N(CC)[C@]2(CC[C@@]3(O)[C@@H](C)N(CC4CC4)CC[C@]3(c3cc(O)ccc3C)C2)C1=O. The molecule has 1 aromatic rings. The van der Waals surface area contributed by atoms with Gasteiger partial charge in [-0.05, 0) is 102 Å². The number of carbonyl (C=O) groups is 2. The van der Waals surface area contributed by atoms with Crippen molar-refractivity contribution in [3.05, 3.63) is 29.3 Å². The molecule has 4 fully saturated rings. The maximum absolute atomic E-state index is 13.8. The summed E-state index contributed by atoms with van der Waals surface area (Å²) in [5.41, 5.74) is -0.835. The molecule has 2 saturated heterocycles. The van der Waals surface area contributed by atoms with E-state index in [1.807, 2.05) is 26.8 Å². The Hall–Kier alpha value is -2.12. The van der Waals surface area contributed by atoms with Crippen molar-refractivity contribution in [3.63, 3.8) is 0 Å². The predicted octanol–water partition coefficient (Wildman–Crippen LogP) is 3.40. The fraction of sp³-hybridized carbons (Fsp3) is 0.704. The van der Waals surface area contributed by atoms with E-state index in [2.05, 4.69) is 11.8 Å². The van der Waals surface area contributed by atoms with Gasteiger partial charge >= 0.3 is 6.03 Å². The van der Waals surface area contributed by atoms with E-state index in [-0.39, 0.29) is 23.7 Å². The van der Waals surface area contributed by atoms with Crippen LogP contribution >= 0.6 is 0 Å². The van der Waals surface area contributed by atoms with Gasteiger partial charge in [-0.3, -0.25) is 14.6 Å². The zero-order valence-corrected chi connectivity index (χ0v) is 21.0. The molecule has 0 unspecified atom stereocenters. The molecule has 2 aliphatic carbocycles. The van der Waals surface area contributed by atoms with Crippen molar-refractivity contribution < 1.29 is 19.8 Å². The molecule has 7 heteroatoms. The number of likely N-dealkylation sites (tertiary alicyclic amines) is 1. The topological polar surface area (TPSA) is 84.3 Å². The number of aryl methyl sites for hydroxylation is 1. The molecule has 0 aromatic heterocycles. The summed E-state index contributed by atoms with van der Waals surface area (Å²) in [6.07, 6.45) is 4.50. The molecule has 1 spiro atoms. The van der Waals surface area contributed by atoms with Crippen molar-refractivity contribution in [1.82, 2.24) is 14.7 Å². The Balaban J connectivity index is 1.65. The summed E-state index contributed by atoms with van der Waals surface area (Å²) in [6.45, 7) is 10.6. The van der Waals surface area contributed by atoms with Crippen molar-refractivity contribution in [3.8, 4) is 5.75 Å². The minimum Gasteiger partial charge on any atom is -0.508 e. The van der Waals surface area contributed by atoms with Crippen LogP contribution in [0.2, 0.25) is 0 Å². The molecule has 2 N–H and O–H groups in total. The monoisotopic (exact) mass is 469 g/mol. The molecule has 2 heterocycles. The predicted molar refractivity (Wildman–Crippen MR) is 130 cm³/mol. The van der Waals surface area contributed by atoms with Crippen LogP contribution in [-0.4, -0.2) is 80.2 Å². The minimum atomic E-state index is -1.06. The molecule has 7 nitrogen and oxygen atoms in total. The van der Waals surface area contributed by atoms with E-state index in [1.54, 1.807) is 17.0 Å². The standard InChI is InChI=1S/C27H39N3O4/c1-5-29-23(32)26(30(6-2)24(29)33)11-12-27(34)19(4)28(16-20-8-9-20)14-13-25(27,17-26)22-15-21(31)10-7-18(22)3/h7,10,15,19-20,31,34H,5-6,8-9,11-14,16-17H2,1-4H3/t19-,25-,26+,27-/m1/s1. The van der Waals surface area contributed by atoms with Gasteiger partial charge in [0.15, 0.2) is 0 Å². The lowest BCUT2D eigenvalue weighted by Gasteiger charge is -2.63. The molecule has 186 valence electrons. The molecule has 34 heavy (non-hydrogen) atoms. The van der Waals surface area contributed by atoms with Gasteiger partial charge in [0.1, 0.15) is 11.3 Å². The molecule has 2 saturated carbocycles. The van der Waals surface area contributed by atoms with E-state index < -0.39 is 16.6 Å². The van der Waals surface area contributed by atoms with Crippen LogP contribution in [0.5, 0.6) is 5.75 Å². The average Bonchev–Trinajstić information content (AvgIpc) is 3.60.